The smallest absolute Gasteiger partial charge is 0.317 e. The van der Waals surface area contributed by atoms with Gasteiger partial charge in [0.25, 0.3) is 5.91 Å². The van der Waals surface area contributed by atoms with Gasteiger partial charge < -0.3 is 26.9 Å². The van der Waals surface area contributed by atoms with E-state index in [0.717, 1.165) is 63.7 Å². The Morgan fingerprint density at radius 1 is 1.03 bits per heavy atom. The van der Waals surface area contributed by atoms with E-state index in [2.05, 4.69) is 27.4 Å². The fourth-order valence-electron chi connectivity index (χ4n) is 6.38. The van der Waals surface area contributed by atoms with Crippen molar-refractivity contribution in [1.82, 2.24) is 9.97 Å². The van der Waals surface area contributed by atoms with E-state index in [9.17, 15) is 9.59 Å². The van der Waals surface area contributed by atoms with Crippen LogP contribution in [0.2, 0.25) is 0 Å². The van der Waals surface area contributed by atoms with Gasteiger partial charge in [0.2, 0.25) is 0 Å². The zero-order valence-corrected chi connectivity index (χ0v) is 21.0. The van der Waals surface area contributed by atoms with E-state index < -0.39 is 5.41 Å². The fourth-order valence-corrected chi connectivity index (χ4v) is 6.38. The van der Waals surface area contributed by atoms with Gasteiger partial charge in [-0.3, -0.25) is 14.6 Å². The molecule has 1 aliphatic carbocycles. The number of nitrogens with one attached hydrogen (secondary N) is 1. The lowest BCUT2D eigenvalue weighted by Crippen LogP contribution is -3.00. The highest BCUT2D eigenvalue weighted by Crippen LogP contribution is 2.42. The number of hydrogen-bond acceptors (Lipinski definition) is 5. The van der Waals surface area contributed by atoms with Crippen molar-refractivity contribution in [2.24, 2.45) is 5.92 Å². The molecule has 7 nitrogen and oxygen atoms in total. The van der Waals surface area contributed by atoms with E-state index >= 15 is 0 Å². The first-order chi connectivity index (χ1) is 16.6. The molecule has 0 spiro atoms. The van der Waals surface area contributed by atoms with Gasteiger partial charge in [-0.05, 0) is 18.4 Å². The van der Waals surface area contributed by atoms with Crippen molar-refractivity contribution in [3.05, 3.63) is 54.5 Å². The maximum absolute atomic E-state index is 13.9. The standard InChI is InChI=1S/C27H34N4O3.ClH/c32-25(30-24-18-28-14-15-29-24)20-31-16-10-21(11-17-31)23(19-31)34-26(33)27(12-6-1-2-7-13-27)22-8-4-3-5-9-22;/h3-5,8-9,14-15,18,21,23H,1-2,6-7,10-13,16-17,19-20H2;1H. The van der Waals surface area contributed by atoms with Crippen LogP contribution in [0.4, 0.5) is 5.82 Å². The number of halogens is 1. The summed E-state index contributed by atoms with van der Waals surface area (Å²) in [7, 11) is 0. The largest absolute Gasteiger partial charge is 1.00 e. The molecule has 2 bridgehead atoms. The average molecular weight is 499 g/mol. The minimum atomic E-state index is -0.544. The van der Waals surface area contributed by atoms with Crippen molar-refractivity contribution in [2.45, 2.75) is 62.9 Å². The molecule has 3 saturated heterocycles. The second-order valence-corrected chi connectivity index (χ2v) is 10.4. The Morgan fingerprint density at radius 2 is 1.74 bits per heavy atom. The van der Waals surface area contributed by atoms with Gasteiger partial charge in [-0.25, -0.2) is 4.98 Å². The Morgan fingerprint density at radius 3 is 2.40 bits per heavy atom. The van der Waals surface area contributed by atoms with Gasteiger partial charge in [0.05, 0.1) is 24.7 Å². The lowest BCUT2D eigenvalue weighted by atomic mass is 9.74. The molecular formula is C27H35ClN4O3. The molecule has 6 rings (SSSR count). The monoisotopic (exact) mass is 498 g/mol. The first kappa shape index (κ1) is 25.6. The van der Waals surface area contributed by atoms with Gasteiger partial charge in [0.1, 0.15) is 6.54 Å². The van der Waals surface area contributed by atoms with Gasteiger partial charge in [0, 0.05) is 31.2 Å². The summed E-state index contributed by atoms with van der Waals surface area (Å²) in [4.78, 5) is 34.8. The first-order valence-corrected chi connectivity index (χ1v) is 12.8. The normalized spacial score (nSPS) is 27.2. The van der Waals surface area contributed by atoms with Gasteiger partial charge in [0.15, 0.2) is 18.5 Å². The van der Waals surface area contributed by atoms with Crippen molar-refractivity contribution < 1.29 is 31.2 Å². The van der Waals surface area contributed by atoms with Crippen LogP contribution in [-0.4, -0.2) is 58.6 Å². The number of aromatic nitrogens is 2. The van der Waals surface area contributed by atoms with Crippen LogP contribution in [0.3, 0.4) is 0 Å². The minimum absolute atomic E-state index is 0. The number of fused-ring (bicyclic) bond motifs is 3. The predicted octanol–water partition coefficient (Wildman–Crippen LogP) is 0.864. The number of anilines is 1. The molecule has 3 aliphatic heterocycles. The number of quaternary nitrogens is 1. The molecule has 1 aromatic carbocycles. The molecule has 1 N–H and O–H groups in total. The van der Waals surface area contributed by atoms with E-state index in [1.165, 1.54) is 12.8 Å². The molecule has 1 saturated carbocycles. The van der Waals surface area contributed by atoms with Crippen LogP contribution in [0, 0.1) is 5.92 Å². The molecule has 4 aliphatic rings. The highest BCUT2D eigenvalue weighted by molar-refractivity contribution is 5.90. The lowest BCUT2D eigenvalue weighted by Gasteiger charge is -2.52. The molecule has 2 aromatic rings. The topological polar surface area (TPSA) is 81.2 Å². The van der Waals surface area contributed by atoms with Gasteiger partial charge in [-0.15, -0.1) is 0 Å². The first-order valence-electron chi connectivity index (χ1n) is 12.8. The molecule has 1 aromatic heterocycles. The van der Waals surface area contributed by atoms with E-state index in [0.29, 0.717) is 22.8 Å². The zero-order valence-electron chi connectivity index (χ0n) is 20.2. The number of ether oxygens (including phenoxy) is 1. The lowest BCUT2D eigenvalue weighted by molar-refractivity contribution is -0.939. The van der Waals surface area contributed by atoms with Crippen LogP contribution in [0.15, 0.2) is 48.9 Å². The molecule has 188 valence electrons. The van der Waals surface area contributed by atoms with Gasteiger partial charge in [-0.2, -0.15) is 0 Å². The summed E-state index contributed by atoms with van der Waals surface area (Å²) in [6.07, 6.45) is 12.8. The third-order valence-corrected chi connectivity index (χ3v) is 8.28. The Kier molecular flexibility index (Phi) is 8.07. The summed E-state index contributed by atoms with van der Waals surface area (Å²) in [5.74, 6) is 0.751. The zero-order chi connectivity index (χ0) is 23.4. The number of nitrogens with zero attached hydrogens (tertiary/aromatic N) is 3. The second-order valence-electron chi connectivity index (χ2n) is 10.4. The molecule has 8 heteroatoms. The maximum Gasteiger partial charge on any atom is 0.317 e. The Bertz CT molecular complexity index is 988. The van der Waals surface area contributed by atoms with E-state index in [4.69, 9.17) is 4.74 Å². The molecule has 4 fully saturated rings. The van der Waals surface area contributed by atoms with Crippen molar-refractivity contribution >= 4 is 17.7 Å². The molecule has 35 heavy (non-hydrogen) atoms. The van der Waals surface area contributed by atoms with Crippen LogP contribution >= 0.6 is 0 Å². The average Bonchev–Trinajstić information content (AvgIpc) is 3.13. The quantitative estimate of drug-likeness (QED) is 0.363. The summed E-state index contributed by atoms with van der Waals surface area (Å²) in [6, 6.07) is 10.2. The van der Waals surface area contributed by atoms with Crippen molar-refractivity contribution in [1.29, 1.82) is 0 Å². The van der Waals surface area contributed by atoms with Crippen LogP contribution in [0.5, 0.6) is 0 Å². The number of hydrogen-bond donors (Lipinski definition) is 1. The molecule has 4 heterocycles. The highest BCUT2D eigenvalue weighted by atomic mass is 35.5. The van der Waals surface area contributed by atoms with Crippen molar-refractivity contribution in [3.8, 4) is 0 Å². The predicted molar refractivity (Wildman–Crippen MR) is 129 cm³/mol. The third-order valence-electron chi connectivity index (χ3n) is 8.28. The summed E-state index contributed by atoms with van der Waals surface area (Å²) in [5.41, 5.74) is 0.549. The molecule has 1 amide bonds. The van der Waals surface area contributed by atoms with E-state index in [1.807, 2.05) is 18.2 Å². The summed E-state index contributed by atoms with van der Waals surface area (Å²) in [5, 5.41) is 2.87. The maximum atomic E-state index is 13.9. The molecule has 0 radical (unpaired) electrons. The number of carbonyl (C=O) groups is 2. The van der Waals surface area contributed by atoms with Gasteiger partial charge >= 0.3 is 5.97 Å². The Hall–Kier alpha value is -2.51. The Labute approximate surface area is 213 Å². The second kappa shape index (κ2) is 11.0. The van der Waals surface area contributed by atoms with Crippen molar-refractivity contribution in [2.75, 3.05) is 31.5 Å². The molecule has 1 unspecified atom stereocenters. The van der Waals surface area contributed by atoms with Gasteiger partial charge in [-0.1, -0.05) is 56.0 Å². The van der Waals surface area contributed by atoms with E-state index in [-0.39, 0.29) is 30.4 Å². The summed E-state index contributed by atoms with van der Waals surface area (Å²) >= 11 is 0. The number of piperidine rings is 3. The summed E-state index contributed by atoms with van der Waals surface area (Å²) < 4.78 is 7.07. The van der Waals surface area contributed by atoms with Crippen LogP contribution in [0.1, 0.15) is 56.9 Å². The van der Waals surface area contributed by atoms with E-state index in [1.54, 1.807) is 18.6 Å². The van der Waals surface area contributed by atoms with Crippen LogP contribution in [-0.2, 0) is 19.7 Å². The SMILES string of the molecule is O=C(C[N+]12CCC(CC1)C(OC(=O)C1(c3ccccc3)CCCCCC1)C2)Nc1cnccn1.[Cl-]. The molecular weight excluding hydrogens is 464 g/mol. The minimum Gasteiger partial charge on any atom is -1.00 e. The number of rotatable bonds is 6. The number of esters is 1. The Balaban J connectivity index is 0.00000289. The molecule has 1 atom stereocenters. The third kappa shape index (κ3) is 5.51. The van der Waals surface area contributed by atoms with Crippen molar-refractivity contribution in [3.63, 3.8) is 0 Å². The summed E-state index contributed by atoms with van der Waals surface area (Å²) in [6.45, 7) is 3.00. The number of benzene rings is 1. The number of amides is 1. The van der Waals surface area contributed by atoms with Crippen LogP contribution < -0.4 is 17.7 Å². The van der Waals surface area contributed by atoms with Crippen LogP contribution in [0.25, 0.3) is 0 Å². The number of carbonyl (C=O) groups excluding carboxylic acids is 2. The fraction of sp³-hybridized carbons (Fsp3) is 0.556. The highest BCUT2D eigenvalue weighted by Gasteiger charge is 2.51.